The van der Waals surface area contributed by atoms with Crippen molar-refractivity contribution in [3.05, 3.63) is 45.7 Å². The molecule has 4 nitrogen and oxygen atoms in total. The van der Waals surface area contributed by atoms with Gasteiger partial charge in [-0.25, -0.2) is 4.68 Å². The molecule has 3 rings (SSSR count). The number of benzene rings is 1. The lowest BCUT2D eigenvalue weighted by Crippen LogP contribution is -2.01. The van der Waals surface area contributed by atoms with E-state index >= 15 is 0 Å². The molecule has 86 valence electrons. The molecule has 0 radical (unpaired) electrons. The number of ether oxygens (including phenoxy) is 1. The van der Waals surface area contributed by atoms with Gasteiger partial charge in [0.05, 0.1) is 24.6 Å². The first-order chi connectivity index (χ1) is 8.29. The van der Waals surface area contributed by atoms with E-state index in [9.17, 15) is 4.79 Å². The highest BCUT2D eigenvalue weighted by Crippen LogP contribution is 2.25. The first kappa shape index (κ1) is 10.7. The maximum atomic E-state index is 10.9. The number of halogens is 1. The monoisotopic (exact) mass is 292 g/mol. The molecule has 0 unspecified atom stereocenters. The van der Waals surface area contributed by atoms with Crippen molar-refractivity contribution in [1.82, 2.24) is 9.78 Å². The number of rotatable bonds is 2. The quantitative estimate of drug-likeness (QED) is 0.799. The van der Waals surface area contributed by atoms with Gasteiger partial charge in [0.1, 0.15) is 5.69 Å². The normalized spacial score (nSPS) is 13.7. The van der Waals surface area contributed by atoms with Gasteiger partial charge in [-0.1, -0.05) is 15.9 Å². The number of aromatic nitrogens is 2. The van der Waals surface area contributed by atoms with E-state index in [0.29, 0.717) is 18.9 Å². The molecular formula is C12H9BrN2O2. The molecule has 1 aromatic carbocycles. The van der Waals surface area contributed by atoms with E-state index in [0.717, 1.165) is 27.7 Å². The Labute approximate surface area is 106 Å². The van der Waals surface area contributed by atoms with E-state index < -0.39 is 0 Å². The fraction of sp³-hybridized carbons (Fsp3) is 0.167. The number of nitrogens with zero attached hydrogens (tertiary/aromatic N) is 2. The summed E-state index contributed by atoms with van der Waals surface area (Å²) in [5.41, 5.74) is 3.28. The molecular weight excluding hydrogens is 284 g/mol. The number of aldehydes is 1. The minimum Gasteiger partial charge on any atom is -0.370 e. The second-order valence-electron chi connectivity index (χ2n) is 3.81. The maximum Gasteiger partial charge on any atom is 0.170 e. The van der Waals surface area contributed by atoms with E-state index in [2.05, 4.69) is 21.0 Å². The van der Waals surface area contributed by atoms with Crippen molar-refractivity contribution in [3.8, 4) is 5.69 Å². The Balaban J connectivity index is 2.15. The molecule has 2 heterocycles. The molecule has 2 aromatic rings. The van der Waals surface area contributed by atoms with Gasteiger partial charge in [-0.15, -0.1) is 0 Å². The van der Waals surface area contributed by atoms with Crippen molar-refractivity contribution in [1.29, 1.82) is 0 Å². The minimum atomic E-state index is 0.472. The highest BCUT2D eigenvalue weighted by Gasteiger charge is 2.23. The van der Waals surface area contributed by atoms with Gasteiger partial charge in [-0.05, 0) is 24.3 Å². The average molecular weight is 293 g/mol. The third-order valence-electron chi connectivity index (χ3n) is 2.79. The third kappa shape index (κ3) is 1.71. The fourth-order valence-electron chi connectivity index (χ4n) is 1.95. The minimum absolute atomic E-state index is 0.472. The summed E-state index contributed by atoms with van der Waals surface area (Å²) in [6.07, 6.45) is 0.781. The summed E-state index contributed by atoms with van der Waals surface area (Å²) in [7, 11) is 0. The van der Waals surface area contributed by atoms with Crippen LogP contribution in [0.2, 0.25) is 0 Å². The smallest absolute Gasteiger partial charge is 0.170 e. The fourth-order valence-corrected chi connectivity index (χ4v) is 2.21. The molecule has 0 saturated heterocycles. The second kappa shape index (κ2) is 4.09. The Morgan fingerprint density at radius 3 is 2.76 bits per heavy atom. The average Bonchev–Trinajstić information content (AvgIpc) is 2.91. The van der Waals surface area contributed by atoms with Gasteiger partial charge in [0.25, 0.3) is 0 Å². The number of fused-ring (bicyclic) bond motifs is 1. The van der Waals surface area contributed by atoms with Gasteiger partial charge in [-0.3, -0.25) is 4.79 Å². The van der Waals surface area contributed by atoms with Crippen molar-refractivity contribution >= 4 is 22.2 Å². The van der Waals surface area contributed by atoms with Crippen molar-refractivity contribution < 1.29 is 9.53 Å². The highest BCUT2D eigenvalue weighted by molar-refractivity contribution is 9.10. The second-order valence-corrected chi connectivity index (χ2v) is 4.73. The van der Waals surface area contributed by atoms with Crippen LogP contribution in [0.25, 0.3) is 5.69 Å². The summed E-state index contributed by atoms with van der Waals surface area (Å²) in [5.74, 6) is 0. The summed E-state index contributed by atoms with van der Waals surface area (Å²) in [5, 5.41) is 4.30. The Morgan fingerprint density at radius 1 is 1.29 bits per heavy atom. The predicted molar refractivity (Wildman–Crippen MR) is 65.1 cm³/mol. The molecule has 0 N–H and O–H groups in total. The molecule has 1 aliphatic heterocycles. The largest absolute Gasteiger partial charge is 0.370 e. The first-order valence-electron chi connectivity index (χ1n) is 5.19. The van der Waals surface area contributed by atoms with Crippen molar-refractivity contribution in [2.24, 2.45) is 0 Å². The molecule has 0 spiro atoms. The Morgan fingerprint density at radius 2 is 2.06 bits per heavy atom. The van der Waals surface area contributed by atoms with Crippen molar-refractivity contribution in [2.45, 2.75) is 13.2 Å². The highest BCUT2D eigenvalue weighted by atomic mass is 79.9. The molecule has 5 heteroatoms. The van der Waals surface area contributed by atoms with Crippen molar-refractivity contribution in [3.63, 3.8) is 0 Å². The van der Waals surface area contributed by atoms with Gasteiger partial charge in [0, 0.05) is 10.0 Å². The number of carbonyl (C=O) groups excluding carboxylic acids is 1. The van der Waals surface area contributed by atoms with E-state index in [1.165, 1.54) is 0 Å². The zero-order valence-electron chi connectivity index (χ0n) is 8.89. The zero-order valence-corrected chi connectivity index (χ0v) is 10.5. The number of carbonyl (C=O) groups is 1. The van der Waals surface area contributed by atoms with Crippen LogP contribution in [0, 0.1) is 0 Å². The Kier molecular flexibility index (Phi) is 2.57. The van der Waals surface area contributed by atoms with E-state index in [1.54, 1.807) is 4.68 Å². The molecule has 17 heavy (non-hydrogen) atoms. The van der Waals surface area contributed by atoms with Gasteiger partial charge in [0.2, 0.25) is 0 Å². The van der Waals surface area contributed by atoms with Crippen LogP contribution in [0.5, 0.6) is 0 Å². The molecule has 0 atom stereocenters. The summed E-state index contributed by atoms with van der Waals surface area (Å²) in [4.78, 5) is 10.9. The topological polar surface area (TPSA) is 44.1 Å². The number of hydrogen-bond acceptors (Lipinski definition) is 3. The van der Waals surface area contributed by atoms with Crippen LogP contribution in [-0.2, 0) is 18.0 Å². The van der Waals surface area contributed by atoms with E-state index in [4.69, 9.17) is 4.74 Å². The van der Waals surface area contributed by atoms with Crippen LogP contribution in [0.15, 0.2) is 28.7 Å². The van der Waals surface area contributed by atoms with Gasteiger partial charge in [-0.2, -0.15) is 5.10 Å². The Bertz CT molecular complexity index is 575. The Hall–Kier alpha value is -1.46. The molecule has 1 aliphatic rings. The SMILES string of the molecule is O=Cc1nn(-c2ccc(Br)cc2)c2c1COC2. The van der Waals surface area contributed by atoms with Crippen LogP contribution in [0.3, 0.4) is 0 Å². The van der Waals surface area contributed by atoms with Gasteiger partial charge in [0.15, 0.2) is 6.29 Å². The zero-order chi connectivity index (χ0) is 11.8. The third-order valence-corrected chi connectivity index (χ3v) is 3.32. The lowest BCUT2D eigenvalue weighted by atomic mass is 10.2. The number of hydrogen-bond donors (Lipinski definition) is 0. The molecule has 0 fully saturated rings. The van der Waals surface area contributed by atoms with Crippen LogP contribution >= 0.6 is 15.9 Å². The standard InChI is InChI=1S/C12H9BrN2O2/c13-8-1-3-9(4-2-8)15-12-7-17-6-10(12)11(5-16)14-15/h1-5H,6-7H2. The van der Waals surface area contributed by atoms with E-state index in [-0.39, 0.29) is 0 Å². The molecule has 0 saturated carbocycles. The first-order valence-corrected chi connectivity index (χ1v) is 5.98. The lowest BCUT2D eigenvalue weighted by Gasteiger charge is -2.04. The van der Waals surface area contributed by atoms with Crippen LogP contribution in [-0.4, -0.2) is 16.1 Å². The van der Waals surface area contributed by atoms with Crippen molar-refractivity contribution in [2.75, 3.05) is 0 Å². The summed E-state index contributed by atoms with van der Waals surface area (Å²) >= 11 is 3.39. The molecule has 0 bridgehead atoms. The predicted octanol–water partition coefficient (Wildman–Crippen LogP) is 2.48. The van der Waals surface area contributed by atoms with Crippen LogP contribution in [0.4, 0.5) is 0 Å². The molecule has 1 aromatic heterocycles. The van der Waals surface area contributed by atoms with E-state index in [1.807, 2.05) is 24.3 Å². The summed E-state index contributed by atoms with van der Waals surface area (Å²) < 4.78 is 8.14. The molecule has 0 aliphatic carbocycles. The summed E-state index contributed by atoms with van der Waals surface area (Å²) in [6.45, 7) is 0.978. The van der Waals surface area contributed by atoms with Crippen LogP contribution < -0.4 is 0 Å². The lowest BCUT2D eigenvalue weighted by molar-refractivity contribution is 0.110. The van der Waals surface area contributed by atoms with Gasteiger partial charge < -0.3 is 4.74 Å². The molecule has 0 amide bonds. The summed E-state index contributed by atoms with van der Waals surface area (Å²) in [6, 6.07) is 7.79. The van der Waals surface area contributed by atoms with Gasteiger partial charge >= 0.3 is 0 Å². The maximum absolute atomic E-state index is 10.9. The van der Waals surface area contributed by atoms with Crippen LogP contribution in [0.1, 0.15) is 21.7 Å².